The zero-order valence-corrected chi connectivity index (χ0v) is 32.7. The lowest BCUT2D eigenvalue weighted by Crippen LogP contribution is -2.19. The molecule has 0 saturated heterocycles. The van der Waals surface area contributed by atoms with Crippen LogP contribution in [-0.4, -0.2) is 48.4 Å². The van der Waals surface area contributed by atoms with Crippen LogP contribution in [0.25, 0.3) is 22.3 Å². The summed E-state index contributed by atoms with van der Waals surface area (Å²) < 4.78 is 22.2. The van der Waals surface area contributed by atoms with Gasteiger partial charge in [-0.1, -0.05) is 48.5 Å². The minimum absolute atomic E-state index is 0. The highest BCUT2D eigenvalue weighted by Crippen LogP contribution is 2.30. The van der Waals surface area contributed by atoms with E-state index in [0.717, 1.165) is 112 Å². The molecule has 0 radical (unpaired) electrons. The molecule has 0 aliphatic carbocycles. The van der Waals surface area contributed by atoms with E-state index in [9.17, 15) is 0 Å². The second-order valence-electron chi connectivity index (χ2n) is 13.6. The van der Waals surface area contributed by atoms with Gasteiger partial charge in [-0.3, -0.25) is 0 Å². The summed E-state index contributed by atoms with van der Waals surface area (Å²) in [7, 11) is 6.75. The number of hydrogen-bond donors (Lipinski definition) is 4. The number of nitrogens with one attached hydrogen (secondary N) is 4. The average molecular weight is 773 g/mol. The van der Waals surface area contributed by atoms with Gasteiger partial charge < -0.3 is 38.9 Å². The molecule has 0 saturated carbocycles. The van der Waals surface area contributed by atoms with Crippen molar-refractivity contribution in [3.63, 3.8) is 0 Å². The van der Waals surface area contributed by atoms with Crippen molar-refractivity contribution in [2.45, 2.75) is 0 Å². The van der Waals surface area contributed by atoms with Gasteiger partial charge in [-0.05, 0) is 119 Å². The fourth-order valence-corrected chi connectivity index (χ4v) is 7.60. The average Bonchev–Trinajstić information content (AvgIpc) is 4.10. The Kier molecular flexibility index (Phi) is 10.1. The van der Waals surface area contributed by atoms with E-state index in [2.05, 4.69) is 117 Å². The van der Waals surface area contributed by atoms with Gasteiger partial charge in [-0.25, -0.2) is 0 Å². The minimum Gasteiger partial charge on any atom is -0.497 e. The van der Waals surface area contributed by atoms with Crippen LogP contribution in [0.1, 0.15) is 45.0 Å². The van der Waals surface area contributed by atoms with Gasteiger partial charge in [-0.15, -0.1) is 12.4 Å². The molecule has 0 unspecified atom stereocenters. The fraction of sp³-hybridized carbons (Fsp3) is 0.0833. The van der Waals surface area contributed by atoms with Crippen molar-refractivity contribution in [3.05, 3.63) is 212 Å². The molecule has 4 aromatic heterocycles. The minimum atomic E-state index is 0. The Morgan fingerprint density at radius 1 is 0.263 bits per heavy atom. The molecule has 9 heteroatoms. The molecule has 0 spiro atoms. The summed E-state index contributed by atoms with van der Waals surface area (Å²) in [5.74, 6) is 3.18. The fourth-order valence-electron chi connectivity index (χ4n) is 7.60. The number of aromatic amines is 4. The van der Waals surface area contributed by atoms with Gasteiger partial charge in [0, 0.05) is 66.5 Å². The van der Waals surface area contributed by atoms with Crippen LogP contribution in [0.4, 0.5) is 0 Å². The molecule has 5 heterocycles. The molecule has 57 heavy (non-hydrogen) atoms. The topological polar surface area (TPSA) is 100 Å². The van der Waals surface area contributed by atoms with Crippen molar-refractivity contribution in [1.82, 2.24) is 19.9 Å². The molecule has 1 aliphatic rings. The monoisotopic (exact) mass is 772 g/mol. The predicted molar refractivity (Wildman–Crippen MR) is 227 cm³/mol. The molecule has 0 amide bonds. The number of ether oxygens (including phenoxy) is 4. The van der Waals surface area contributed by atoms with Crippen LogP contribution in [0.15, 0.2) is 146 Å². The van der Waals surface area contributed by atoms with E-state index in [1.165, 1.54) is 0 Å². The van der Waals surface area contributed by atoms with E-state index in [4.69, 9.17) is 18.9 Å². The molecule has 0 fully saturated rings. The Hall–Kier alpha value is -7.03. The smallest absolute Gasteiger partial charge is 0.118 e. The van der Waals surface area contributed by atoms with Crippen LogP contribution in [0, 0.1) is 0 Å². The highest BCUT2D eigenvalue weighted by molar-refractivity contribution is 5.86. The van der Waals surface area contributed by atoms with Crippen molar-refractivity contribution in [3.8, 4) is 23.0 Å². The zero-order chi connectivity index (χ0) is 38.2. The van der Waals surface area contributed by atoms with Gasteiger partial charge in [0.25, 0.3) is 0 Å². The van der Waals surface area contributed by atoms with Crippen LogP contribution in [0.5, 0.6) is 23.0 Å². The molecule has 8 nitrogen and oxygen atoms in total. The van der Waals surface area contributed by atoms with Crippen LogP contribution in [-0.2, 0) is 0 Å². The third-order valence-electron chi connectivity index (χ3n) is 10.4. The molecule has 8 bridgehead atoms. The lowest BCUT2D eigenvalue weighted by atomic mass is 10.0. The lowest BCUT2D eigenvalue weighted by Gasteiger charge is -2.11. The van der Waals surface area contributed by atoms with Crippen LogP contribution in [0.2, 0.25) is 0 Å². The summed E-state index contributed by atoms with van der Waals surface area (Å²) in [6.07, 6.45) is 0. The number of rotatable bonds is 8. The quantitative estimate of drug-likeness (QED) is 0.137. The molecule has 4 N–H and O–H groups in total. The summed E-state index contributed by atoms with van der Waals surface area (Å²) in [6, 6.07) is 50.0. The molecule has 9 rings (SSSR count). The van der Waals surface area contributed by atoms with E-state index in [1.807, 2.05) is 48.5 Å². The molecule has 0 atom stereocenters. The molecule has 1 aliphatic heterocycles. The normalized spacial score (nSPS) is 12.3. The summed E-state index contributed by atoms with van der Waals surface area (Å²) in [5.41, 5.74) is 12.1. The van der Waals surface area contributed by atoms with Crippen molar-refractivity contribution in [1.29, 1.82) is 0 Å². The largest absolute Gasteiger partial charge is 0.497 e. The first-order valence-corrected chi connectivity index (χ1v) is 18.4. The van der Waals surface area contributed by atoms with Gasteiger partial charge >= 0.3 is 0 Å². The second kappa shape index (κ2) is 15.6. The van der Waals surface area contributed by atoms with Crippen LogP contribution >= 0.6 is 12.4 Å². The number of benzene rings is 4. The number of hydrogen-bond acceptors (Lipinski definition) is 4. The van der Waals surface area contributed by atoms with Crippen LogP contribution in [0.3, 0.4) is 0 Å². The highest BCUT2D eigenvalue weighted by atomic mass is 35.5. The first-order valence-electron chi connectivity index (χ1n) is 18.4. The standard InChI is InChI=1S/C48H40N4O4.ClH/c1-53-33-13-5-29(6-14-33)45-37-21-23-39(49-37)46(30-7-15-34(54-2)16-8-30)41-25-27-43(51-41)48(32-11-19-36(56-4)20-12-32)44-28-26-42(52-44)47(40-24-22-38(45)50-40)31-9-17-35(55-3)18-10-31;/h5-28,49-52H,1-4H3;1H. The van der Waals surface area contributed by atoms with Crippen molar-refractivity contribution >= 4 is 34.7 Å². The van der Waals surface area contributed by atoms with Crippen molar-refractivity contribution in [2.75, 3.05) is 28.4 Å². The van der Waals surface area contributed by atoms with Gasteiger partial charge in [0.15, 0.2) is 0 Å². The maximum atomic E-state index is 5.54. The zero-order valence-electron chi connectivity index (χ0n) is 31.9. The third-order valence-corrected chi connectivity index (χ3v) is 10.4. The third kappa shape index (κ3) is 6.92. The maximum absolute atomic E-state index is 5.54. The second-order valence-corrected chi connectivity index (χ2v) is 13.6. The molecule has 8 aromatic rings. The van der Waals surface area contributed by atoms with Gasteiger partial charge in [0.1, 0.15) is 23.0 Å². The van der Waals surface area contributed by atoms with Crippen molar-refractivity contribution in [2.24, 2.45) is 0 Å². The SMILES string of the molecule is COc1ccc(C2=c3ccc([nH]3)=C(c3ccc(OC)cc3)c3ccc([nH]3)C(c3ccc(OC)cc3)=c3ccc([nH]3)=C(c3ccc(OC)cc3)c3ccc2[nH]3)cc1.Cl. The Labute approximate surface area is 335 Å². The predicted octanol–water partition coefficient (Wildman–Crippen LogP) is 6.76. The Balaban J connectivity index is 0.00000455. The number of halogens is 1. The van der Waals surface area contributed by atoms with E-state index in [0.29, 0.717) is 0 Å². The number of methoxy groups -OCH3 is 4. The molecule has 284 valence electrons. The molecule has 4 aromatic carbocycles. The highest BCUT2D eigenvalue weighted by Gasteiger charge is 2.19. The van der Waals surface area contributed by atoms with E-state index in [1.54, 1.807) is 28.4 Å². The van der Waals surface area contributed by atoms with E-state index >= 15 is 0 Å². The summed E-state index contributed by atoms with van der Waals surface area (Å²) in [6.45, 7) is 0. The van der Waals surface area contributed by atoms with Crippen LogP contribution < -0.4 is 40.3 Å². The van der Waals surface area contributed by atoms with E-state index in [-0.39, 0.29) is 12.4 Å². The molecular formula is C48H41ClN4O4. The Morgan fingerprint density at radius 3 is 0.667 bits per heavy atom. The van der Waals surface area contributed by atoms with E-state index < -0.39 is 0 Å². The number of fused-ring (bicyclic) bond motifs is 8. The number of H-pyrrole nitrogens is 4. The Bertz CT molecular complexity index is 2540. The van der Waals surface area contributed by atoms with Crippen molar-refractivity contribution < 1.29 is 18.9 Å². The summed E-state index contributed by atoms with van der Waals surface area (Å²) >= 11 is 0. The van der Waals surface area contributed by atoms with Gasteiger partial charge in [-0.2, -0.15) is 0 Å². The molecular weight excluding hydrogens is 732 g/mol. The summed E-state index contributed by atoms with van der Waals surface area (Å²) in [4.78, 5) is 15.3. The Morgan fingerprint density at radius 2 is 0.474 bits per heavy atom. The first-order chi connectivity index (χ1) is 27.5. The first kappa shape index (κ1) is 36.9. The van der Waals surface area contributed by atoms with Gasteiger partial charge in [0.05, 0.1) is 28.4 Å². The summed E-state index contributed by atoms with van der Waals surface area (Å²) in [5, 5.41) is 3.84. The number of aromatic nitrogens is 4. The lowest BCUT2D eigenvalue weighted by molar-refractivity contribution is 0.414. The maximum Gasteiger partial charge on any atom is 0.118 e. The van der Waals surface area contributed by atoms with Gasteiger partial charge in [0.2, 0.25) is 0 Å².